The Bertz CT molecular complexity index is 1260. The molecule has 1 atom stereocenters. The monoisotopic (exact) mass is 935 g/mol. The van der Waals surface area contributed by atoms with Crippen LogP contribution in [0.5, 0.6) is 0 Å². The third-order valence-electron chi connectivity index (χ3n) is 12.2. The first-order valence-corrected chi connectivity index (χ1v) is 28.4. The Balaban J connectivity index is 4.44. The van der Waals surface area contributed by atoms with Crippen molar-refractivity contribution in [2.24, 2.45) is 0 Å². The molecule has 0 amide bonds. The van der Waals surface area contributed by atoms with Crippen molar-refractivity contribution in [1.29, 1.82) is 0 Å². The van der Waals surface area contributed by atoms with Crippen molar-refractivity contribution in [3.63, 3.8) is 0 Å². The molecule has 0 heterocycles. The maximum absolute atomic E-state index is 12.9. The van der Waals surface area contributed by atoms with Crippen molar-refractivity contribution < 1.29 is 28.6 Å². The van der Waals surface area contributed by atoms with Crippen LogP contribution in [0, 0.1) is 0 Å². The van der Waals surface area contributed by atoms with Crippen molar-refractivity contribution in [1.82, 2.24) is 0 Å². The molecule has 0 saturated heterocycles. The molecule has 0 aliphatic carbocycles. The van der Waals surface area contributed by atoms with Crippen molar-refractivity contribution in [2.45, 2.75) is 284 Å². The summed E-state index contributed by atoms with van der Waals surface area (Å²) in [6.07, 6.45) is 70.3. The highest BCUT2D eigenvalue weighted by molar-refractivity contribution is 5.71. The number of rotatable bonds is 51. The average molecular weight is 936 g/mol. The van der Waals surface area contributed by atoms with Crippen LogP contribution in [0.4, 0.5) is 0 Å². The first-order chi connectivity index (χ1) is 33.0. The highest BCUT2D eigenvalue weighted by Crippen LogP contribution is 2.15. The maximum Gasteiger partial charge on any atom is 0.306 e. The van der Waals surface area contributed by atoms with Crippen molar-refractivity contribution in [2.75, 3.05) is 13.2 Å². The smallest absolute Gasteiger partial charge is 0.306 e. The quantitative estimate of drug-likeness (QED) is 0.0262. The molecule has 67 heavy (non-hydrogen) atoms. The van der Waals surface area contributed by atoms with Crippen LogP contribution in [0.15, 0.2) is 72.9 Å². The van der Waals surface area contributed by atoms with Gasteiger partial charge in [-0.2, -0.15) is 0 Å². The fraction of sp³-hybridized carbons (Fsp3) is 0.754. The van der Waals surface area contributed by atoms with E-state index in [4.69, 9.17) is 14.2 Å². The molecule has 0 bridgehead atoms. The minimum absolute atomic E-state index is 0.0888. The number of carbonyl (C=O) groups is 3. The Morgan fingerprint density at radius 1 is 0.313 bits per heavy atom. The number of hydrogen-bond acceptors (Lipinski definition) is 6. The first kappa shape index (κ1) is 63.8. The van der Waals surface area contributed by atoms with E-state index in [1.165, 1.54) is 135 Å². The molecular formula is C61H106O6. The Morgan fingerprint density at radius 3 is 0.925 bits per heavy atom. The van der Waals surface area contributed by atoms with Gasteiger partial charge in [-0.05, 0) is 109 Å². The predicted molar refractivity (Wildman–Crippen MR) is 288 cm³/mol. The van der Waals surface area contributed by atoms with Gasteiger partial charge in [0.25, 0.3) is 0 Å². The third kappa shape index (κ3) is 53.7. The summed E-state index contributed by atoms with van der Waals surface area (Å²) < 4.78 is 16.8. The molecule has 0 radical (unpaired) electrons. The molecule has 0 saturated carbocycles. The summed E-state index contributed by atoms with van der Waals surface area (Å²) in [5.74, 6) is -0.918. The van der Waals surface area contributed by atoms with Gasteiger partial charge in [0.2, 0.25) is 0 Å². The molecular weight excluding hydrogens is 829 g/mol. The number of carbonyl (C=O) groups excluding carboxylic acids is 3. The van der Waals surface area contributed by atoms with Gasteiger partial charge in [-0.1, -0.05) is 222 Å². The molecule has 0 aliphatic rings. The summed E-state index contributed by atoms with van der Waals surface area (Å²) in [5.41, 5.74) is 0. The molecule has 6 heteroatoms. The maximum atomic E-state index is 12.9. The zero-order valence-electron chi connectivity index (χ0n) is 44.2. The van der Waals surface area contributed by atoms with Gasteiger partial charge in [-0.15, -0.1) is 0 Å². The first-order valence-electron chi connectivity index (χ1n) is 28.4. The van der Waals surface area contributed by atoms with E-state index in [1.54, 1.807) is 0 Å². The molecule has 0 N–H and O–H groups in total. The van der Waals surface area contributed by atoms with Gasteiger partial charge >= 0.3 is 17.9 Å². The van der Waals surface area contributed by atoms with E-state index in [9.17, 15) is 14.4 Å². The van der Waals surface area contributed by atoms with Gasteiger partial charge in [-0.25, -0.2) is 0 Å². The zero-order chi connectivity index (χ0) is 48.6. The van der Waals surface area contributed by atoms with Crippen molar-refractivity contribution >= 4 is 17.9 Å². The second-order valence-corrected chi connectivity index (χ2v) is 18.8. The highest BCUT2D eigenvalue weighted by atomic mass is 16.6. The SMILES string of the molecule is CC/C=C\C/C=C\C/C=C\C/C=C\CCCCCCC(=O)OC[C@H](COC(=O)CCCCCCC/C=C\CCCCCCCC)OC(=O)CCCCCCCCC/C=C\CCCCCCCC. The van der Waals surface area contributed by atoms with Crippen LogP contribution in [0.3, 0.4) is 0 Å². The van der Waals surface area contributed by atoms with E-state index in [0.717, 1.165) is 103 Å². The standard InChI is InChI=1S/C61H106O6/c1-4-7-10-13-16-19-22-25-28-30-33-36-39-42-45-48-51-54-60(63)66-57-58(56-65-59(62)53-50-47-44-41-38-35-32-27-24-21-18-15-12-9-6-3)67-61(64)55-52-49-46-43-40-37-34-31-29-26-23-20-17-14-11-8-5-2/h7,10,16,19,25-29,32-33,36,58H,4-6,8-9,11-15,17-18,20-24,30-31,34-35,37-57H2,1-3H3/b10-7-,19-16-,28-25-,29-26-,32-27-,36-33-/t58-/m0/s1. The van der Waals surface area contributed by atoms with Gasteiger partial charge in [0, 0.05) is 19.3 Å². The number of unbranched alkanes of at least 4 members (excludes halogenated alkanes) is 28. The van der Waals surface area contributed by atoms with E-state index < -0.39 is 6.10 Å². The molecule has 6 nitrogen and oxygen atoms in total. The van der Waals surface area contributed by atoms with Crippen LogP contribution in [0.2, 0.25) is 0 Å². The molecule has 0 aromatic rings. The van der Waals surface area contributed by atoms with E-state index >= 15 is 0 Å². The molecule has 0 unspecified atom stereocenters. The average Bonchev–Trinajstić information content (AvgIpc) is 3.33. The Labute approximate surface area is 414 Å². The summed E-state index contributed by atoms with van der Waals surface area (Å²) in [6.45, 7) is 6.50. The summed E-state index contributed by atoms with van der Waals surface area (Å²) in [6, 6.07) is 0. The topological polar surface area (TPSA) is 78.9 Å². The number of allylic oxidation sites excluding steroid dienone is 12. The summed E-state index contributed by atoms with van der Waals surface area (Å²) >= 11 is 0. The van der Waals surface area contributed by atoms with E-state index in [0.29, 0.717) is 19.3 Å². The van der Waals surface area contributed by atoms with Crippen LogP contribution in [0.1, 0.15) is 278 Å². The third-order valence-corrected chi connectivity index (χ3v) is 12.2. The van der Waals surface area contributed by atoms with Crippen molar-refractivity contribution in [3.8, 4) is 0 Å². The van der Waals surface area contributed by atoms with Crippen LogP contribution < -0.4 is 0 Å². The minimum atomic E-state index is -0.791. The number of ether oxygens (including phenoxy) is 3. The molecule has 0 spiro atoms. The van der Waals surface area contributed by atoms with Gasteiger partial charge < -0.3 is 14.2 Å². The van der Waals surface area contributed by atoms with Crippen molar-refractivity contribution in [3.05, 3.63) is 72.9 Å². The van der Waals surface area contributed by atoms with Gasteiger partial charge in [0.05, 0.1) is 0 Å². The van der Waals surface area contributed by atoms with E-state index in [2.05, 4.69) is 93.7 Å². The van der Waals surface area contributed by atoms with Crippen LogP contribution in [0.25, 0.3) is 0 Å². The van der Waals surface area contributed by atoms with E-state index in [-0.39, 0.29) is 31.1 Å². The fourth-order valence-electron chi connectivity index (χ4n) is 7.89. The molecule has 0 aliphatic heterocycles. The Morgan fingerprint density at radius 2 is 0.582 bits per heavy atom. The molecule has 0 fully saturated rings. The lowest BCUT2D eigenvalue weighted by Crippen LogP contribution is -2.30. The van der Waals surface area contributed by atoms with E-state index in [1.807, 2.05) is 0 Å². The van der Waals surface area contributed by atoms with Crippen LogP contribution in [-0.2, 0) is 28.6 Å². The lowest BCUT2D eigenvalue weighted by Gasteiger charge is -2.18. The number of esters is 3. The summed E-state index contributed by atoms with van der Waals surface area (Å²) in [5, 5.41) is 0. The minimum Gasteiger partial charge on any atom is -0.462 e. The highest BCUT2D eigenvalue weighted by Gasteiger charge is 2.19. The zero-order valence-corrected chi connectivity index (χ0v) is 44.2. The Hall–Kier alpha value is -3.15. The number of hydrogen-bond donors (Lipinski definition) is 0. The Kier molecular flexibility index (Phi) is 52.8. The van der Waals surface area contributed by atoms with Crippen LogP contribution in [-0.4, -0.2) is 37.2 Å². The molecule has 0 rings (SSSR count). The van der Waals surface area contributed by atoms with Gasteiger partial charge in [0.15, 0.2) is 6.10 Å². The second kappa shape index (κ2) is 55.4. The lowest BCUT2D eigenvalue weighted by atomic mass is 10.1. The lowest BCUT2D eigenvalue weighted by molar-refractivity contribution is -0.167. The molecule has 0 aromatic heterocycles. The molecule has 386 valence electrons. The van der Waals surface area contributed by atoms with Gasteiger partial charge in [-0.3, -0.25) is 14.4 Å². The predicted octanol–water partition coefficient (Wildman–Crippen LogP) is 19.0. The molecule has 0 aromatic carbocycles. The van der Waals surface area contributed by atoms with Gasteiger partial charge in [0.1, 0.15) is 13.2 Å². The second-order valence-electron chi connectivity index (χ2n) is 18.8. The summed E-state index contributed by atoms with van der Waals surface area (Å²) in [4.78, 5) is 38.1. The largest absolute Gasteiger partial charge is 0.462 e. The van der Waals surface area contributed by atoms with Crippen LogP contribution >= 0.6 is 0 Å². The summed E-state index contributed by atoms with van der Waals surface area (Å²) in [7, 11) is 0. The normalized spacial score (nSPS) is 12.6. The fourth-order valence-corrected chi connectivity index (χ4v) is 7.89.